The number of alkyl halides is 3. The maximum atomic E-state index is 12.4. The molecule has 0 spiro atoms. The molecular formula is C22H24F3N3O4. The van der Waals surface area contributed by atoms with Gasteiger partial charge in [-0.1, -0.05) is 19.1 Å². The van der Waals surface area contributed by atoms with Gasteiger partial charge in [-0.2, -0.15) is 13.2 Å². The van der Waals surface area contributed by atoms with Gasteiger partial charge < -0.3 is 19.5 Å². The molecule has 1 aromatic carbocycles. The number of carbonyl (C=O) groups is 2. The number of aromatic nitrogens is 1. The van der Waals surface area contributed by atoms with Crippen LogP contribution in [0.15, 0.2) is 35.1 Å². The maximum absolute atomic E-state index is 12.4. The van der Waals surface area contributed by atoms with Crippen LogP contribution in [-0.2, 0) is 16.0 Å². The van der Waals surface area contributed by atoms with Crippen molar-refractivity contribution in [1.82, 2.24) is 9.88 Å². The number of aromatic amines is 1. The number of anilines is 1. The number of hydrogen-bond donors (Lipinski definition) is 1. The molecule has 1 saturated heterocycles. The smallest absolute Gasteiger partial charge is 0.382 e. The molecule has 2 aromatic rings. The van der Waals surface area contributed by atoms with E-state index in [4.69, 9.17) is 0 Å². The number of likely N-dealkylation sites (N-methyl/N-ethyl adjacent to an activating group) is 1. The summed E-state index contributed by atoms with van der Waals surface area (Å²) in [5, 5.41) is 0. The van der Waals surface area contributed by atoms with Gasteiger partial charge in [-0.05, 0) is 56.3 Å². The van der Waals surface area contributed by atoms with Crippen LogP contribution in [0.2, 0.25) is 0 Å². The summed E-state index contributed by atoms with van der Waals surface area (Å²) < 4.78 is 40.8. The van der Waals surface area contributed by atoms with Gasteiger partial charge in [0.05, 0.1) is 5.69 Å². The average Bonchev–Trinajstić information content (AvgIpc) is 3.23. The van der Waals surface area contributed by atoms with Gasteiger partial charge >= 0.3 is 18.1 Å². The third-order valence-electron chi connectivity index (χ3n) is 5.56. The molecule has 1 aliphatic rings. The summed E-state index contributed by atoms with van der Waals surface area (Å²) >= 11 is 0. The van der Waals surface area contributed by atoms with Gasteiger partial charge in [0.15, 0.2) is 0 Å². The number of carbonyl (C=O) groups excluding carboxylic acids is 2. The summed E-state index contributed by atoms with van der Waals surface area (Å²) in [6.45, 7) is 3.62. The number of aryl methyl sites for hydroxylation is 1. The fourth-order valence-electron chi connectivity index (χ4n) is 3.69. The zero-order valence-corrected chi connectivity index (χ0v) is 18.0. The number of pyridine rings is 1. The van der Waals surface area contributed by atoms with Crippen molar-refractivity contribution in [3.63, 3.8) is 0 Å². The van der Waals surface area contributed by atoms with Crippen LogP contribution >= 0.6 is 0 Å². The molecule has 0 aliphatic carbocycles. The van der Waals surface area contributed by atoms with E-state index in [0.29, 0.717) is 29.3 Å². The molecule has 10 heteroatoms. The number of hydrogen-bond acceptors (Lipinski definition) is 6. The number of H-pyrrole nitrogens is 1. The molecule has 1 aromatic heterocycles. The number of benzene rings is 1. The Morgan fingerprint density at radius 2 is 1.88 bits per heavy atom. The summed E-state index contributed by atoms with van der Waals surface area (Å²) in [6.07, 6.45) is -3.88. The van der Waals surface area contributed by atoms with Crippen molar-refractivity contribution in [2.75, 3.05) is 32.1 Å². The Hall–Kier alpha value is -3.14. The first kappa shape index (κ1) is 23.5. The lowest BCUT2D eigenvalue weighted by Gasteiger charge is -2.22. The van der Waals surface area contributed by atoms with E-state index in [1.165, 1.54) is 0 Å². The number of halogens is 3. The SMILES string of the molecule is CCc1cc(C(=O)OC(=O)C(F)(F)F)c(=O)[nH]c1-c1ccc(N2CCC(N(C)C)C2)cc1. The number of nitrogens with one attached hydrogen (secondary N) is 1. The Labute approximate surface area is 182 Å². The quantitative estimate of drug-likeness (QED) is 0.556. The highest BCUT2D eigenvalue weighted by Gasteiger charge is 2.43. The van der Waals surface area contributed by atoms with Crippen molar-refractivity contribution in [3.8, 4) is 11.3 Å². The molecule has 1 fully saturated rings. The second-order valence-corrected chi connectivity index (χ2v) is 7.84. The first-order valence-corrected chi connectivity index (χ1v) is 10.1. The highest BCUT2D eigenvalue weighted by molar-refractivity contribution is 5.98. The van der Waals surface area contributed by atoms with Crippen LogP contribution in [-0.4, -0.2) is 61.2 Å². The van der Waals surface area contributed by atoms with Gasteiger partial charge in [0, 0.05) is 24.8 Å². The van der Waals surface area contributed by atoms with Gasteiger partial charge in [0.1, 0.15) is 5.56 Å². The van der Waals surface area contributed by atoms with Gasteiger partial charge in [0.25, 0.3) is 5.56 Å². The van der Waals surface area contributed by atoms with Crippen LogP contribution in [0.5, 0.6) is 0 Å². The molecule has 1 atom stereocenters. The molecule has 172 valence electrons. The molecule has 2 heterocycles. The zero-order valence-electron chi connectivity index (χ0n) is 18.0. The predicted molar refractivity (Wildman–Crippen MR) is 113 cm³/mol. The highest BCUT2D eigenvalue weighted by Crippen LogP contribution is 2.27. The van der Waals surface area contributed by atoms with Gasteiger partial charge in [-0.15, -0.1) is 0 Å². The van der Waals surface area contributed by atoms with E-state index in [0.717, 1.165) is 31.3 Å². The van der Waals surface area contributed by atoms with E-state index in [9.17, 15) is 27.6 Å². The highest BCUT2D eigenvalue weighted by atomic mass is 19.4. The van der Waals surface area contributed by atoms with Crippen LogP contribution in [0, 0.1) is 0 Å². The fourth-order valence-corrected chi connectivity index (χ4v) is 3.69. The standard InChI is InChI=1S/C22H24F3N3O4/c1-4-13-11-17(20(30)32-21(31)22(23,24)25)19(29)26-18(13)14-5-7-15(8-6-14)28-10-9-16(12-28)27(2)3/h5-8,11,16H,4,9-10,12H2,1-3H3,(H,26,29). The summed E-state index contributed by atoms with van der Waals surface area (Å²) in [4.78, 5) is 42.2. The minimum atomic E-state index is -5.33. The van der Waals surface area contributed by atoms with E-state index >= 15 is 0 Å². The molecule has 1 N–H and O–H groups in total. The third-order valence-corrected chi connectivity index (χ3v) is 5.56. The van der Waals surface area contributed by atoms with E-state index < -0.39 is 29.2 Å². The second-order valence-electron chi connectivity index (χ2n) is 7.84. The normalized spacial score (nSPS) is 16.5. The minimum Gasteiger partial charge on any atom is -0.382 e. The number of esters is 2. The summed E-state index contributed by atoms with van der Waals surface area (Å²) in [7, 11) is 4.11. The summed E-state index contributed by atoms with van der Waals surface area (Å²) in [5.41, 5.74) is 1.12. The van der Waals surface area contributed by atoms with Gasteiger partial charge in [-0.3, -0.25) is 4.79 Å². The van der Waals surface area contributed by atoms with Crippen LogP contribution < -0.4 is 10.5 Å². The Morgan fingerprint density at radius 3 is 2.41 bits per heavy atom. The topological polar surface area (TPSA) is 82.7 Å². The van der Waals surface area contributed by atoms with E-state index in [1.807, 2.05) is 24.3 Å². The zero-order chi connectivity index (χ0) is 23.6. The number of nitrogens with zero attached hydrogens (tertiary/aromatic N) is 2. The number of rotatable bonds is 5. The largest absolute Gasteiger partial charge is 0.491 e. The lowest BCUT2D eigenvalue weighted by molar-refractivity contribution is -0.193. The monoisotopic (exact) mass is 451 g/mol. The van der Waals surface area contributed by atoms with Crippen LogP contribution in [0.4, 0.5) is 18.9 Å². The molecule has 7 nitrogen and oxygen atoms in total. The molecule has 3 rings (SSSR count). The van der Waals surface area contributed by atoms with Crippen molar-refractivity contribution >= 4 is 17.6 Å². The molecule has 0 amide bonds. The molecular weight excluding hydrogens is 427 g/mol. The van der Waals surface area contributed by atoms with Crippen LogP contribution in [0.25, 0.3) is 11.3 Å². The molecule has 0 radical (unpaired) electrons. The molecule has 1 aliphatic heterocycles. The first-order valence-electron chi connectivity index (χ1n) is 10.1. The van der Waals surface area contributed by atoms with E-state index in [1.54, 1.807) is 6.92 Å². The Kier molecular flexibility index (Phi) is 6.73. The lowest BCUT2D eigenvalue weighted by Crippen LogP contribution is -2.31. The summed E-state index contributed by atoms with van der Waals surface area (Å²) in [6, 6.07) is 9.21. The summed E-state index contributed by atoms with van der Waals surface area (Å²) in [5.74, 6) is -4.31. The molecule has 32 heavy (non-hydrogen) atoms. The first-order chi connectivity index (χ1) is 15.0. The Morgan fingerprint density at radius 1 is 1.22 bits per heavy atom. The van der Waals surface area contributed by atoms with Crippen LogP contribution in [0.3, 0.4) is 0 Å². The third kappa shape index (κ3) is 5.01. The van der Waals surface area contributed by atoms with E-state index in [-0.39, 0.29) is 0 Å². The van der Waals surface area contributed by atoms with E-state index in [2.05, 4.69) is 33.6 Å². The van der Waals surface area contributed by atoms with Crippen molar-refractivity contribution in [2.45, 2.75) is 32.0 Å². The minimum absolute atomic E-state index is 0.387. The van der Waals surface area contributed by atoms with Crippen molar-refractivity contribution in [3.05, 3.63) is 51.8 Å². The molecule has 1 unspecified atom stereocenters. The Balaban J connectivity index is 1.84. The van der Waals surface area contributed by atoms with Crippen molar-refractivity contribution in [1.29, 1.82) is 0 Å². The van der Waals surface area contributed by atoms with Crippen molar-refractivity contribution < 1.29 is 27.5 Å². The second kappa shape index (κ2) is 9.15. The van der Waals surface area contributed by atoms with Gasteiger partial charge in [-0.25, -0.2) is 9.59 Å². The lowest BCUT2D eigenvalue weighted by atomic mass is 10.0. The van der Waals surface area contributed by atoms with Crippen LogP contribution in [0.1, 0.15) is 29.3 Å². The molecule has 0 saturated carbocycles. The Bertz CT molecular complexity index is 1060. The maximum Gasteiger partial charge on any atom is 0.491 e. The fraction of sp³-hybridized carbons (Fsp3) is 0.409. The van der Waals surface area contributed by atoms with Crippen molar-refractivity contribution in [2.24, 2.45) is 0 Å². The van der Waals surface area contributed by atoms with Gasteiger partial charge in [0.2, 0.25) is 0 Å². The molecule has 0 bridgehead atoms. The predicted octanol–water partition coefficient (Wildman–Crippen LogP) is 2.99. The number of ether oxygens (including phenoxy) is 1. The average molecular weight is 451 g/mol.